The summed E-state index contributed by atoms with van der Waals surface area (Å²) in [6.07, 6.45) is 12.6. The summed E-state index contributed by atoms with van der Waals surface area (Å²) in [5, 5.41) is 2.98. The van der Waals surface area contributed by atoms with E-state index >= 15 is 0 Å². The zero-order valence-electron chi connectivity index (χ0n) is 23.1. The summed E-state index contributed by atoms with van der Waals surface area (Å²) >= 11 is 0. The lowest BCUT2D eigenvalue weighted by Gasteiger charge is -2.37. The fraction of sp³-hybridized carbons (Fsp3) is 0.576. The summed E-state index contributed by atoms with van der Waals surface area (Å²) in [4.78, 5) is 26.7. The van der Waals surface area contributed by atoms with Gasteiger partial charge in [0.25, 0.3) is 5.91 Å². The Labute approximate surface area is 235 Å². The van der Waals surface area contributed by atoms with Crippen molar-refractivity contribution in [2.45, 2.75) is 104 Å². The second-order valence-electron chi connectivity index (χ2n) is 10.4. The van der Waals surface area contributed by atoms with Crippen molar-refractivity contribution >= 4 is 11.8 Å². The lowest BCUT2D eigenvalue weighted by molar-refractivity contribution is -0.121. The standard InChI is InChI=1S/C32H45FN2O3.CH4/c1-2-3-21-34-31(36)20-10-8-6-4-5-7-9-15-22-38-25-28-23-26-16-11-12-17-27(26)24-35(28)32(37)29-18-13-14-19-30(29)33;/h11-14,16-19,28H,2-10,15,20-25H2,1H3,(H,34,36);1H4. The van der Waals surface area contributed by atoms with Crippen LogP contribution in [0.4, 0.5) is 4.39 Å². The van der Waals surface area contributed by atoms with Crippen molar-refractivity contribution in [2.75, 3.05) is 19.8 Å². The minimum Gasteiger partial charge on any atom is -0.379 e. The first-order valence-electron chi connectivity index (χ1n) is 14.6. The molecule has 2 aromatic carbocycles. The maximum atomic E-state index is 14.3. The molecule has 1 unspecified atom stereocenters. The van der Waals surface area contributed by atoms with E-state index in [1.54, 1.807) is 23.1 Å². The molecule has 1 aliphatic heterocycles. The van der Waals surface area contributed by atoms with E-state index in [9.17, 15) is 14.0 Å². The van der Waals surface area contributed by atoms with E-state index in [1.807, 2.05) is 18.2 Å². The monoisotopic (exact) mass is 540 g/mol. The number of hydrogen-bond acceptors (Lipinski definition) is 3. The average molecular weight is 541 g/mol. The molecular weight excluding hydrogens is 491 g/mol. The molecule has 2 amide bonds. The number of nitrogens with zero attached hydrogens (tertiary/aromatic N) is 1. The van der Waals surface area contributed by atoms with E-state index in [-0.39, 0.29) is 30.8 Å². The van der Waals surface area contributed by atoms with Crippen LogP contribution in [0.5, 0.6) is 0 Å². The fourth-order valence-electron chi connectivity index (χ4n) is 5.03. The molecule has 0 saturated heterocycles. The van der Waals surface area contributed by atoms with Gasteiger partial charge in [0, 0.05) is 26.1 Å². The number of nitrogens with one attached hydrogen (secondary N) is 1. The van der Waals surface area contributed by atoms with Crippen molar-refractivity contribution in [3.8, 4) is 0 Å². The molecule has 0 aliphatic carbocycles. The molecule has 0 bridgehead atoms. The maximum Gasteiger partial charge on any atom is 0.257 e. The second kappa shape index (κ2) is 18.5. The summed E-state index contributed by atoms with van der Waals surface area (Å²) in [5.74, 6) is -0.567. The topological polar surface area (TPSA) is 58.6 Å². The molecule has 0 fully saturated rings. The third kappa shape index (κ3) is 11.1. The molecule has 1 N–H and O–H groups in total. The van der Waals surface area contributed by atoms with Gasteiger partial charge in [-0.2, -0.15) is 0 Å². The quantitative estimate of drug-likeness (QED) is 0.212. The highest BCUT2D eigenvalue weighted by molar-refractivity contribution is 5.94. The highest BCUT2D eigenvalue weighted by atomic mass is 19.1. The van der Waals surface area contributed by atoms with Crippen LogP contribution in [-0.4, -0.2) is 42.5 Å². The summed E-state index contributed by atoms with van der Waals surface area (Å²) in [7, 11) is 0. The lowest BCUT2D eigenvalue weighted by Crippen LogP contribution is -2.47. The van der Waals surface area contributed by atoms with E-state index in [1.165, 1.54) is 37.3 Å². The normalized spacial score (nSPS) is 14.4. The van der Waals surface area contributed by atoms with Crippen LogP contribution in [0.25, 0.3) is 0 Å². The Hall–Kier alpha value is -2.73. The van der Waals surface area contributed by atoms with Gasteiger partial charge in [0.15, 0.2) is 0 Å². The average Bonchev–Trinajstić information content (AvgIpc) is 2.93. The minimum atomic E-state index is -0.482. The van der Waals surface area contributed by atoms with Crippen molar-refractivity contribution in [3.05, 3.63) is 71.0 Å². The van der Waals surface area contributed by atoms with E-state index in [0.29, 0.717) is 26.2 Å². The molecule has 2 aromatic rings. The number of hydrogen-bond donors (Lipinski definition) is 1. The van der Waals surface area contributed by atoms with Crippen molar-refractivity contribution in [1.82, 2.24) is 10.2 Å². The number of fused-ring (bicyclic) bond motifs is 1. The highest BCUT2D eigenvalue weighted by Crippen LogP contribution is 2.26. The molecule has 6 heteroatoms. The van der Waals surface area contributed by atoms with Crippen LogP contribution >= 0.6 is 0 Å². The van der Waals surface area contributed by atoms with Crippen LogP contribution in [0.1, 0.15) is 106 Å². The molecule has 5 nitrogen and oxygen atoms in total. The van der Waals surface area contributed by atoms with Crippen LogP contribution in [0.3, 0.4) is 0 Å². The summed E-state index contributed by atoms with van der Waals surface area (Å²) in [6.45, 7) is 4.54. The molecule has 1 aliphatic rings. The van der Waals surface area contributed by atoms with Gasteiger partial charge in [-0.25, -0.2) is 4.39 Å². The third-order valence-corrected chi connectivity index (χ3v) is 7.33. The van der Waals surface area contributed by atoms with Gasteiger partial charge in [0.05, 0.1) is 18.2 Å². The predicted molar refractivity (Wildman–Crippen MR) is 157 cm³/mol. The van der Waals surface area contributed by atoms with Gasteiger partial charge < -0.3 is 15.0 Å². The molecular formula is C33H49FN2O3. The maximum absolute atomic E-state index is 14.3. The van der Waals surface area contributed by atoms with Gasteiger partial charge in [-0.3, -0.25) is 9.59 Å². The van der Waals surface area contributed by atoms with Gasteiger partial charge >= 0.3 is 0 Å². The zero-order chi connectivity index (χ0) is 27.0. The molecule has 1 atom stereocenters. The number of unbranched alkanes of at least 4 members (excludes halogenated alkanes) is 8. The van der Waals surface area contributed by atoms with E-state index in [2.05, 4.69) is 18.3 Å². The number of benzene rings is 2. The van der Waals surface area contributed by atoms with Crippen molar-refractivity contribution in [2.24, 2.45) is 0 Å². The first-order valence-corrected chi connectivity index (χ1v) is 14.6. The van der Waals surface area contributed by atoms with Crippen LogP contribution in [0, 0.1) is 5.82 Å². The van der Waals surface area contributed by atoms with Gasteiger partial charge in [-0.1, -0.05) is 95.7 Å². The van der Waals surface area contributed by atoms with E-state index in [0.717, 1.165) is 57.1 Å². The van der Waals surface area contributed by atoms with Gasteiger partial charge in [0.1, 0.15) is 5.82 Å². The Kier molecular flexibility index (Phi) is 15.4. The fourth-order valence-corrected chi connectivity index (χ4v) is 5.03. The Balaban J connectivity index is 0.00000533. The van der Waals surface area contributed by atoms with Crippen molar-refractivity contribution in [1.29, 1.82) is 0 Å². The number of halogens is 1. The SMILES string of the molecule is C.CCCCNC(=O)CCCCCCCCCCOCC1Cc2ccccc2CN1C(=O)c1ccccc1F. The van der Waals surface area contributed by atoms with Crippen molar-refractivity contribution in [3.63, 3.8) is 0 Å². The highest BCUT2D eigenvalue weighted by Gasteiger charge is 2.31. The van der Waals surface area contributed by atoms with Crippen LogP contribution in [0.15, 0.2) is 48.5 Å². The molecule has 39 heavy (non-hydrogen) atoms. The van der Waals surface area contributed by atoms with E-state index < -0.39 is 5.82 Å². The predicted octanol–water partition coefficient (Wildman–Crippen LogP) is 7.47. The molecule has 3 rings (SSSR count). The van der Waals surface area contributed by atoms with Crippen molar-refractivity contribution < 1.29 is 18.7 Å². The Morgan fingerprint density at radius 1 is 0.897 bits per heavy atom. The first-order chi connectivity index (χ1) is 18.6. The molecule has 216 valence electrons. The number of carbonyl (C=O) groups is 2. The third-order valence-electron chi connectivity index (χ3n) is 7.33. The Morgan fingerprint density at radius 2 is 1.54 bits per heavy atom. The first kappa shape index (κ1) is 32.5. The molecule has 1 heterocycles. The van der Waals surface area contributed by atoms with Crippen LogP contribution < -0.4 is 5.32 Å². The summed E-state index contributed by atoms with van der Waals surface area (Å²) in [5.41, 5.74) is 2.46. The second-order valence-corrected chi connectivity index (χ2v) is 10.4. The van der Waals surface area contributed by atoms with Gasteiger partial charge in [-0.15, -0.1) is 0 Å². The molecule has 0 saturated carbocycles. The van der Waals surface area contributed by atoms with Gasteiger partial charge in [-0.05, 0) is 48.9 Å². The summed E-state index contributed by atoms with van der Waals surface area (Å²) in [6, 6.07) is 14.3. The number of rotatable bonds is 17. The van der Waals surface area contributed by atoms with E-state index in [4.69, 9.17) is 4.74 Å². The number of ether oxygens (including phenoxy) is 1. The minimum absolute atomic E-state index is 0. The smallest absolute Gasteiger partial charge is 0.257 e. The Morgan fingerprint density at radius 3 is 2.26 bits per heavy atom. The zero-order valence-corrected chi connectivity index (χ0v) is 23.1. The Bertz CT molecular complexity index is 996. The van der Waals surface area contributed by atoms with Gasteiger partial charge in [0.2, 0.25) is 5.91 Å². The largest absolute Gasteiger partial charge is 0.379 e. The molecule has 0 spiro atoms. The molecule has 0 aromatic heterocycles. The number of amides is 2. The number of carbonyl (C=O) groups excluding carboxylic acids is 2. The van der Waals surface area contributed by atoms with Crippen LogP contribution in [-0.2, 0) is 22.5 Å². The lowest BCUT2D eigenvalue weighted by atomic mass is 9.93. The summed E-state index contributed by atoms with van der Waals surface area (Å²) < 4.78 is 20.4. The van der Waals surface area contributed by atoms with Crippen LogP contribution in [0.2, 0.25) is 0 Å². The molecule has 0 radical (unpaired) electrons.